The van der Waals surface area contributed by atoms with E-state index in [9.17, 15) is 0 Å². The monoisotopic (exact) mass is 640 g/mol. The van der Waals surface area contributed by atoms with Crippen molar-refractivity contribution in [2.24, 2.45) is 0 Å². The molecular weight excluding hydrogens is 609 g/mol. The Morgan fingerprint density at radius 2 is 1.14 bits per heavy atom. The first-order valence-corrected chi connectivity index (χ1v) is 17.2. The second-order valence-electron chi connectivity index (χ2n) is 13.1. The Morgan fingerprint density at radius 1 is 0.480 bits per heavy atom. The van der Waals surface area contributed by atoms with E-state index in [1.807, 2.05) is 12.4 Å². The van der Waals surface area contributed by atoms with Crippen LogP contribution in [0.1, 0.15) is 11.1 Å². The van der Waals surface area contributed by atoms with Gasteiger partial charge in [0.25, 0.3) is 0 Å². The Balaban J connectivity index is 1.19. The molecule has 0 bridgehead atoms. The first-order valence-electron chi connectivity index (χ1n) is 17.2. The highest BCUT2D eigenvalue weighted by atomic mass is 16.5. The molecule has 3 nitrogen and oxygen atoms in total. The number of pyridine rings is 1. The van der Waals surface area contributed by atoms with Crippen molar-refractivity contribution >= 4 is 60.2 Å². The summed E-state index contributed by atoms with van der Waals surface area (Å²) in [5.41, 5.74) is 8.51. The van der Waals surface area contributed by atoms with Gasteiger partial charge >= 0.3 is 0 Å². The van der Waals surface area contributed by atoms with Crippen LogP contribution in [-0.4, -0.2) is 4.98 Å². The summed E-state index contributed by atoms with van der Waals surface area (Å²) in [6, 6.07) is 56.5. The fourth-order valence-electron chi connectivity index (χ4n) is 7.98. The van der Waals surface area contributed by atoms with Gasteiger partial charge in [-0.25, -0.2) is 0 Å². The van der Waals surface area contributed by atoms with Crippen molar-refractivity contribution in [1.29, 1.82) is 0 Å². The van der Waals surface area contributed by atoms with Gasteiger partial charge in [0.1, 0.15) is 11.5 Å². The minimum Gasteiger partial charge on any atom is -0.456 e. The van der Waals surface area contributed by atoms with E-state index in [4.69, 9.17) is 4.74 Å². The van der Waals surface area contributed by atoms with E-state index in [2.05, 4.69) is 168 Å². The average molecular weight is 641 g/mol. The van der Waals surface area contributed by atoms with E-state index in [0.29, 0.717) is 0 Å². The highest BCUT2D eigenvalue weighted by Crippen LogP contribution is 2.48. The second kappa shape index (κ2) is 11.6. The van der Waals surface area contributed by atoms with Crippen LogP contribution in [0.4, 0.5) is 17.1 Å². The number of hydrogen-bond acceptors (Lipinski definition) is 3. The van der Waals surface area contributed by atoms with Crippen LogP contribution in [0, 0.1) is 0 Å². The molecule has 0 amide bonds. The lowest BCUT2D eigenvalue weighted by molar-refractivity contribution is 0.493. The molecule has 0 N–H and O–H groups in total. The quantitative estimate of drug-likeness (QED) is 0.141. The van der Waals surface area contributed by atoms with Crippen LogP contribution in [0.2, 0.25) is 0 Å². The molecule has 1 aromatic heterocycles. The van der Waals surface area contributed by atoms with Crippen molar-refractivity contribution in [1.82, 2.24) is 4.98 Å². The molecular formula is C47H32N2O. The van der Waals surface area contributed by atoms with E-state index >= 15 is 0 Å². The maximum Gasteiger partial charge on any atom is 0.143 e. The number of ether oxygens (including phenoxy) is 1. The number of hydrogen-bond donors (Lipinski definition) is 0. The molecule has 0 atom stereocenters. The number of nitrogens with zero attached hydrogens (tertiary/aromatic N) is 2. The molecule has 0 saturated carbocycles. The summed E-state index contributed by atoms with van der Waals surface area (Å²) in [4.78, 5) is 7.05. The highest BCUT2D eigenvalue weighted by molar-refractivity contribution is 6.23. The smallest absolute Gasteiger partial charge is 0.143 e. The maximum atomic E-state index is 7.08. The van der Waals surface area contributed by atoms with E-state index in [1.165, 1.54) is 49.5 Å². The Kier molecular flexibility index (Phi) is 6.63. The molecule has 3 heteroatoms. The highest BCUT2D eigenvalue weighted by Gasteiger charge is 2.24. The SMILES string of the molecule is c1ccc(N2c3ccccc3CCc3ccc(Oc4c5ccccc5c(-c5cc6ccccc6c6ccccc56)c5cnccc45)cc32)cc1. The number of benzene rings is 8. The van der Waals surface area contributed by atoms with Crippen molar-refractivity contribution in [2.75, 3.05) is 4.90 Å². The number of fused-ring (bicyclic) bond motifs is 7. The summed E-state index contributed by atoms with van der Waals surface area (Å²) < 4.78 is 7.08. The third-order valence-electron chi connectivity index (χ3n) is 10.2. The number of rotatable bonds is 4. The molecule has 1 aliphatic rings. The lowest BCUT2D eigenvalue weighted by Gasteiger charge is -2.27. The molecule has 236 valence electrons. The molecule has 2 heterocycles. The largest absolute Gasteiger partial charge is 0.456 e. The van der Waals surface area contributed by atoms with Gasteiger partial charge in [-0.2, -0.15) is 0 Å². The summed E-state index contributed by atoms with van der Waals surface area (Å²) >= 11 is 0. The zero-order chi connectivity index (χ0) is 33.0. The Hall–Kier alpha value is -6.45. The molecule has 8 aromatic carbocycles. The van der Waals surface area contributed by atoms with Crippen LogP contribution < -0.4 is 9.64 Å². The van der Waals surface area contributed by atoms with Gasteiger partial charge in [0.15, 0.2) is 0 Å². The Morgan fingerprint density at radius 3 is 2.00 bits per heavy atom. The first kappa shape index (κ1) is 28.6. The number of para-hydroxylation sites is 2. The van der Waals surface area contributed by atoms with Gasteiger partial charge in [-0.3, -0.25) is 4.98 Å². The fourth-order valence-corrected chi connectivity index (χ4v) is 7.98. The summed E-state index contributed by atoms with van der Waals surface area (Å²) in [5.74, 6) is 1.64. The summed E-state index contributed by atoms with van der Waals surface area (Å²) in [6.45, 7) is 0. The average Bonchev–Trinajstić information content (AvgIpc) is 3.35. The Bertz CT molecular complexity index is 2690. The zero-order valence-corrected chi connectivity index (χ0v) is 27.4. The predicted octanol–water partition coefficient (Wildman–Crippen LogP) is 12.7. The lowest BCUT2D eigenvalue weighted by atomic mass is 9.87. The number of anilines is 3. The molecule has 0 aliphatic carbocycles. The van der Waals surface area contributed by atoms with Gasteiger partial charge in [0.2, 0.25) is 0 Å². The summed E-state index contributed by atoms with van der Waals surface area (Å²) in [7, 11) is 0. The third-order valence-corrected chi connectivity index (χ3v) is 10.2. The predicted molar refractivity (Wildman–Crippen MR) is 208 cm³/mol. The number of aromatic nitrogens is 1. The molecule has 9 aromatic rings. The molecule has 0 unspecified atom stereocenters. The molecule has 10 rings (SSSR count). The standard InChI is InChI=1S/C47H32N2O/c1-2-14-34(15-3-1)49-44-21-11-5-12-31(44)22-23-32-24-25-35(29-45(32)49)50-47-40-20-10-9-19-39(40)46(43-30-48-27-26-41(43)47)42-28-33-13-4-6-16-36(33)37-17-7-8-18-38(37)42/h1-21,24-30H,22-23H2. The van der Waals surface area contributed by atoms with Crippen LogP contribution in [-0.2, 0) is 12.8 Å². The molecule has 50 heavy (non-hydrogen) atoms. The fraction of sp³-hybridized carbons (Fsp3) is 0.0426. The van der Waals surface area contributed by atoms with Crippen LogP contribution >= 0.6 is 0 Å². The molecule has 1 aliphatic heterocycles. The summed E-state index contributed by atoms with van der Waals surface area (Å²) in [6.07, 6.45) is 5.82. The van der Waals surface area contributed by atoms with Crippen molar-refractivity contribution in [3.8, 4) is 22.6 Å². The van der Waals surface area contributed by atoms with Gasteiger partial charge in [0.05, 0.1) is 5.69 Å². The molecule has 0 spiro atoms. The first-order chi connectivity index (χ1) is 24.8. The zero-order valence-electron chi connectivity index (χ0n) is 27.4. The Labute approximate surface area is 290 Å². The van der Waals surface area contributed by atoms with E-state index in [0.717, 1.165) is 57.3 Å². The van der Waals surface area contributed by atoms with Gasteiger partial charge < -0.3 is 9.64 Å². The van der Waals surface area contributed by atoms with Crippen LogP contribution in [0.15, 0.2) is 170 Å². The van der Waals surface area contributed by atoms with E-state index in [1.54, 1.807) is 0 Å². The molecule has 0 saturated heterocycles. The minimum absolute atomic E-state index is 0.802. The van der Waals surface area contributed by atoms with Gasteiger partial charge in [-0.1, -0.05) is 115 Å². The van der Waals surface area contributed by atoms with Crippen molar-refractivity contribution in [3.05, 3.63) is 181 Å². The molecule has 0 fully saturated rings. The normalized spacial score (nSPS) is 12.6. The van der Waals surface area contributed by atoms with Crippen LogP contribution in [0.25, 0.3) is 54.2 Å². The van der Waals surface area contributed by atoms with E-state index < -0.39 is 0 Å². The second-order valence-corrected chi connectivity index (χ2v) is 13.1. The lowest BCUT2D eigenvalue weighted by Crippen LogP contribution is -2.11. The third kappa shape index (κ3) is 4.55. The van der Waals surface area contributed by atoms with Crippen LogP contribution in [0.3, 0.4) is 0 Å². The maximum absolute atomic E-state index is 7.08. The van der Waals surface area contributed by atoms with Crippen LogP contribution in [0.5, 0.6) is 11.5 Å². The van der Waals surface area contributed by atoms with Crippen molar-refractivity contribution in [3.63, 3.8) is 0 Å². The minimum atomic E-state index is 0.802. The van der Waals surface area contributed by atoms with Gasteiger partial charge in [-0.05, 0) is 98.4 Å². The number of aryl methyl sites for hydroxylation is 2. The van der Waals surface area contributed by atoms with Gasteiger partial charge in [-0.15, -0.1) is 0 Å². The van der Waals surface area contributed by atoms with Gasteiger partial charge in [0, 0.05) is 46.0 Å². The van der Waals surface area contributed by atoms with E-state index in [-0.39, 0.29) is 0 Å². The topological polar surface area (TPSA) is 25.4 Å². The molecule has 0 radical (unpaired) electrons. The van der Waals surface area contributed by atoms with Crippen molar-refractivity contribution < 1.29 is 4.74 Å². The van der Waals surface area contributed by atoms with Crippen molar-refractivity contribution in [2.45, 2.75) is 12.8 Å². The summed E-state index contributed by atoms with van der Waals surface area (Å²) in [5, 5.41) is 9.25.